The molecule has 2 rings (SSSR count). The molecular weight excluding hydrogens is 186 g/mol. The van der Waals surface area contributed by atoms with Crippen LogP contribution in [0.4, 0.5) is 0 Å². The average molecular weight is 199 g/mol. The second kappa shape index (κ2) is 4.13. The summed E-state index contributed by atoms with van der Waals surface area (Å²) < 4.78 is 5.65. The van der Waals surface area contributed by atoms with E-state index >= 15 is 0 Å². The first-order chi connectivity index (χ1) is 7.25. The minimum Gasteiger partial charge on any atom is -0.456 e. The van der Waals surface area contributed by atoms with Crippen molar-refractivity contribution in [2.24, 2.45) is 0 Å². The van der Waals surface area contributed by atoms with Crippen molar-refractivity contribution in [2.45, 2.75) is 13.8 Å². The molecule has 15 heavy (non-hydrogen) atoms. The molecule has 0 amide bonds. The summed E-state index contributed by atoms with van der Waals surface area (Å²) in [5.74, 6) is 1.62. The van der Waals surface area contributed by atoms with Gasteiger partial charge in [-0.15, -0.1) is 0 Å². The molecule has 76 valence electrons. The number of aryl methyl sites for hydroxylation is 2. The fraction of sp³-hybridized carbons (Fsp3) is 0.154. The molecule has 0 aliphatic rings. The zero-order chi connectivity index (χ0) is 10.7. The van der Waals surface area contributed by atoms with Gasteiger partial charge >= 0.3 is 0 Å². The molecule has 0 bridgehead atoms. The standard InChI is InChI=1S/C13H13NO/c1-10-8-13(9-14-11(10)2)15-12-6-4-3-5-7-12/h3-9H,1-2H3. The summed E-state index contributed by atoms with van der Waals surface area (Å²) in [5.41, 5.74) is 2.18. The molecule has 1 aromatic heterocycles. The van der Waals surface area contributed by atoms with Crippen LogP contribution >= 0.6 is 0 Å². The number of hydrogen-bond donors (Lipinski definition) is 0. The number of ether oxygens (including phenoxy) is 1. The molecule has 0 saturated carbocycles. The third kappa shape index (κ3) is 2.34. The van der Waals surface area contributed by atoms with Crippen LogP contribution in [0.2, 0.25) is 0 Å². The lowest BCUT2D eigenvalue weighted by Crippen LogP contribution is -1.89. The molecule has 2 heteroatoms. The number of benzene rings is 1. The zero-order valence-electron chi connectivity index (χ0n) is 8.90. The van der Waals surface area contributed by atoms with Crippen LogP contribution in [0.3, 0.4) is 0 Å². The Balaban J connectivity index is 2.22. The third-order valence-electron chi connectivity index (χ3n) is 2.29. The van der Waals surface area contributed by atoms with Crippen LogP contribution in [-0.2, 0) is 0 Å². The highest BCUT2D eigenvalue weighted by Crippen LogP contribution is 2.21. The van der Waals surface area contributed by atoms with E-state index in [1.165, 1.54) is 0 Å². The van der Waals surface area contributed by atoms with Crippen molar-refractivity contribution in [1.29, 1.82) is 0 Å². The maximum Gasteiger partial charge on any atom is 0.145 e. The number of para-hydroxylation sites is 1. The van der Waals surface area contributed by atoms with E-state index in [0.717, 1.165) is 22.8 Å². The topological polar surface area (TPSA) is 22.1 Å². The van der Waals surface area contributed by atoms with Gasteiger partial charge in [-0.25, -0.2) is 0 Å². The van der Waals surface area contributed by atoms with Crippen LogP contribution < -0.4 is 4.74 Å². The van der Waals surface area contributed by atoms with Crippen LogP contribution in [0, 0.1) is 13.8 Å². The summed E-state index contributed by atoms with van der Waals surface area (Å²) in [5, 5.41) is 0. The molecule has 0 spiro atoms. The Bertz CT molecular complexity index is 451. The second-order valence-corrected chi connectivity index (χ2v) is 3.49. The number of nitrogens with zero attached hydrogens (tertiary/aromatic N) is 1. The van der Waals surface area contributed by atoms with E-state index in [9.17, 15) is 0 Å². The fourth-order valence-corrected chi connectivity index (χ4v) is 1.30. The fourth-order valence-electron chi connectivity index (χ4n) is 1.30. The van der Waals surface area contributed by atoms with Gasteiger partial charge in [0.2, 0.25) is 0 Å². The first kappa shape index (κ1) is 9.71. The van der Waals surface area contributed by atoms with Gasteiger partial charge in [-0.1, -0.05) is 18.2 Å². The molecule has 0 aliphatic heterocycles. The summed E-state index contributed by atoms with van der Waals surface area (Å²) in [6, 6.07) is 11.7. The van der Waals surface area contributed by atoms with Crippen molar-refractivity contribution in [3.63, 3.8) is 0 Å². The van der Waals surface area contributed by atoms with Gasteiger partial charge in [-0.3, -0.25) is 4.98 Å². The molecule has 0 saturated heterocycles. The van der Waals surface area contributed by atoms with E-state index in [0.29, 0.717) is 0 Å². The molecular formula is C13H13NO. The molecule has 0 radical (unpaired) electrons. The van der Waals surface area contributed by atoms with Crippen molar-refractivity contribution in [1.82, 2.24) is 4.98 Å². The van der Waals surface area contributed by atoms with Crippen LogP contribution in [0.5, 0.6) is 11.5 Å². The Morgan fingerprint density at radius 1 is 1.00 bits per heavy atom. The van der Waals surface area contributed by atoms with Crippen molar-refractivity contribution >= 4 is 0 Å². The number of pyridine rings is 1. The zero-order valence-corrected chi connectivity index (χ0v) is 8.90. The van der Waals surface area contributed by atoms with Crippen LogP contribution in [0.15, 0.2) is 42.6 Å². The van der Waals surface area contributed by atoms with Gasteiger partial charge in [0, 0.05) is 5.69 Å². The van der Waals surface area contributed by atoms with E-state index in [4.69, 9.17) is 4.74 Å². The van der Waals surface area contributed by atoms with Gasteiger partial charge in [0.25, 0.3) is 0 Å². The highest BCUT2D eigenvalue weighted by molar-refractivity contribution is 5.32. The number of rotatable bonds is 2. The van der Waals surface area contributed by atoms with E-state index in [-0.39, 0.29) is 0 Å². The Morgan fingerprint density at radius 3 is 2.40 bits per heavy atom. The monoisotopic (exact) mass is 199 g/mol. The summed E-state index contributed by atoms with van der Waals surface area (Å²) >= 11 is 0. The smallest absolute Gasteiger partial charge is 0.145 e. The SMILES string of the molecule is Cc1cc(Oc2ccccc2)cnc1C. The minimum absolute atomic E-state index is 0.782. The maximum absolute atomic E-state index is 5.65. The number of hydrogen-bond acceptors (Lipinski definition) is 2. The van der Waals surface area contributed by atoms with Gasteiger partial charge in [-0.2, -0.15) is 0 Å². The lowest BCUT2D eigenvalue weighted by atomic mass is 10.2. The normalized spacial score (nSPS) is 10.0. The van der Waals surface area contributed by atoms with E-state index in [1.807, 2.05) is 50.2 Å². The molecule has 1 heterocycles. The lowest BCUT2D eigenvalue weighted by molar-refractivity contribution is 0.479. The van der Waals surface area contributed by atoms with E-state index in [1.54, 1.807) is 6.20 Å². The predicted octanol–water partition coefficient (Wildman–Crippen LogP) is 3.49. The molecule has 1 aromatic carbocycles. The second-order valence-electron chi connectivity index (χ2n) is 3.49. The maximum atomic E-state index is 5.65. The molecule has 0 aliphatic carbocycles. The van der Waals surface area contributed by atoms with Crippen molar-refractivity contribution in [3.05, 3.63) is 53.9 Å². The minimum atomic E-state index is 0.782. The highest BCUT2D eigenvalue weighted by atomic mass is 16.5. The number of aromatic nitrogens is 1. The first-order valence-corrected chi connectivity index (χ1v) is 4.92. The average Bonchev–Trinajstić information content (AvgIpc) is 2.25. The van der Waals surface area contributed by atoms with Crippen molar-refractivity contribution in [2.75, 3.05) is 0 Å². The summed E-state index contributed by atoms with van der Waals surface area (Å²) in [7, 11) is 0. The summed E-state index contributed by atoms with van der Waals surface area (Å²) in [6.45, 7) is 4.02. The molecule has 0 unspecified atom stereocenters. The van der Waals surface area contributed by atoms with E-state index in [2.05, 4.69) is 4.98 Å². The van der Waals surface area contributed by atoms with Crippen LogP contribution in [0.25, 0.3) is 0 Å². The molecule has 0 N–H and O–H groups in total. The van der Waals surface area contributed by atoms with E-state index < -0.39 is 0 Å². The molecule has 2 aromatic rings. The predicted molar refractivity (Wildman–Crippen MR) is 60.2 cm³/mol. The molecule has 0 fully saturated rings. The molecule has 0 atom stereocenters. The van der Waals surface area contributed by atoms with Gasteiger partial charge in [0.05, 0.1) is 6.20 Å². The van der Waals surface area contributed by atoms with Gasteiger partial charge in [0.15, 0.2) is 0 Å². The van der Waals surface area contributed by atoms with Gasteiger partial charge in [-0.05, 0) is 37.6 Å². The Morgan fingerprint density at radius 2 is 1.73 bits per heavy atom. The van der Waals surface area contributed by atoms with Gasteiger partial charge < -0.3 is 4.74 Å². The van der Waals surface area contributed by atoms with Crippen molar-refractivity contribution in [3.8, 4) is 11.5 Å². The van der Waals surface area contributed by atoms with Crippen LogP contribution in [0.1, 0.15) is 11.3 Å². The third-order valence-corrected chi connectivity index (χ3v) is 2.29. The van der Waals surface area contributed by atoms with Crippen molar-refractivity contribution < 1.29 is 4.74 Å². The van der Waals surface area contributed by atoms with Crippen LogP contribution in [-0.4, -0.2) is 4.98 Å². The summed E-state index contributed by atoms with van der Waals surface area (Å²) in [4.78, 5) is 4.25. The first-order valence-electron chi connectivity index (χ1n) is 4.92. The largest absolute Gasteiger partial charge is 0.456 e. The Labute approximate surface area is 89.6 Å². The Kier molecular flexibility index (Phi) is 2.68. The highest BCUT2D eigenvalue weighted by Gasteiger charge is 1.99. The quantitative estimate of drug-likeness (QED) is 0.738. The van der Waals surface area contributed by atoms with Gasteiger partial charge in [0.1, 0.15) is 11.5 Å². The lowest BCUT2D eigenvalue weighted by Gasteiger charge is -2.06. The Hall–Kier alpha value is -1.83. The summed E-state index contributed by atoms with van der Waals surface area (Å²) in [6.07, 6.45) is 1.75. The molecule has 2 nitrogen and oxygen atoms in total.